The van der Waals surface area contributed by atoms with Crippen molar-refractivity contribution in [3.8, 4) is 5.75 Å². The summed E-state index contributed by atoms with van der Waals surface area (Å²) in [6.07, 6.45) is 4.18. The van der Waals surface area contributed by atoms with Gasteiger partial charge in [0.25, 0.3) is 0 Å². The maximum Gasteiger partial charge on any atom is 0.243 e. The highest BCUT2D eigenvalue weighted by Crippen LogP contribution is 2.42. The molecule has 2 saturated heterocycles. The molecule has 0 amide bonds. The molecule has 36 heavy (non-hydrogen) atoms. The minimum absolute atomic E-state index is 0.0118. The van der Waals surface area contributed by atoms with E-state index in [0.717, 1.165) is 63.2 Å². The van der Waals surface area contributed by atoms with Crippen molar-refractivity contribution in [2.45, 2.75) is 77.2 Å². The lowest BCUT2D eigenvalue weighted by molar-refractivity contribution is 0.0525. The first-order valence-corrected chi connectivity index (χ1v) is 15.0. The van der Waals surface area contributed by atoms with E-state index in [4.69, 9.17) is 4.74 Å². The van der Waals surface area contributed by atoms with Crippen LogP contribution in [0.4, 0.5) is 0 Å². The third kappa shape index (κ3) is 6.32. The number of rotatable bonds is 7. The van der Waals surface area contributed by atoms with Gasteiger partial charge in [-0.15, -0.1) is 0 Å². The standard InChI is InChI=1S/C30H44N2O3S/c1-24(2)23-35-28-9-7-6-8-25(28)22-31-18-14-30(15-19-31)16-20-32(21-17-30)36(33,34)27-12-10-26(11-13-27)29(3,4)5/h6-13,24H,14-23H2,1-5H3. The minimum Gasteiger partial charge on any atom is -0.493 e. The second kappa shape index (κ2) is 10.8. The van der Waals surface area contributed by atoms with Gasteiger partial charge in [-0.25, -0.2) is 8.42 Å². The number of para-hydroxylation sites is 1. The molecule has 0 bridgehead atoms. The molecule has 2 heterocycles. The Bertz CT molecular complexity index is 1100. The van der Waals surface area contributed by atoms with Gasteiger partial charge in [-0.1, -0.05) is 65.0 Å². The first kappa shape index (κ1) is 27.2. The van der Waals surface area contributed by atoms with E-state index < -0.39 is 10.0 Å². The van der Waals surface area contributed by atoms with Gasteiger partial charge in [-0.2, -0.15) is 4.31 Å². The van der Waals surface area contributed by atoms with Crippen LogP contribution in [0, 0.1) is 11.3 Å². The van der Waals surface area contributed by atoms with Crippen LogP contribution in [0.1, 0.15) is 71.4 Å². The van der Waals surface area contributed by atoms with Crippen molar-refractivity contribution in [2.75, 3.05) is 32.8 Å². The van der Waals surface area contributed by atoms with Crippen LogP contribution in [-0.2, 0) is 22.0 Å². The van der Waals surface area contributed by atoms with E-state index >= 15 is 0 Å². The normalized spacial score (nSPS) is 19.6. The summed E-state index contributed by atoms with van der Waals surface area (Å²) in [5, 5.41) is 0. The van der Waals surface area contributed by atoms with E-state index in [1.807, 2.05) is 18.2 Å². The van der Waals surface area contributed by atoms with Gasteiger partial charge in [0.05, 0.1) is 11.5 Å². The van der Waals surface area contributed by atoms with Crippen molar-refractivity contribution in [1.29, 1.82) is 0 Å². The fraction of sp³-hybridized carbons (Fsp3) is 0.600. The minimum atomic E-state index is -3.44. The zero-order valence-corrected chi connectivity index (χ0v) is 23.6. The van der Waals surface area contributed by atoms with Gasteiger partial charge in [0.1, 0.15) is 5.75 Å². The predicted octanol–water partition coefficient (Wildman–Crippen LogP) is 6.09. The Kier molecular flexibility index (Phi) is 8.18. The van der Waals surface area contributed by atoms with Gasteiger partial charge < -0.3 is 4.74 Å². The fourth-order valence-electron chi connectivity index (χ4n) is 5.43. The average Bonchev–Trinajstić information content (AvgIpc) is 2.85. The molecule has 0 aliphatic carbocycles. The van der Waals surface area contributed by atoms with Crippen LogP contribution >= 0.6 is 0 Å². The summed E-state index contributed by atoms with van der Waals surface area (Å²) in [6.45, 7) is 15.8. The molecule has 0 radical (unpaired) electrons. The predicted molar refractivity (Wildman–Crippen MR) is 147 cm³/mol. The Morgan fingerprint density at radius 3 is 2.06 bits per heavy atom. The van der Waals surface area contributed by atoms with Crippen molar-refractivity contribution in [3.05, 3.63) is 59.7 Å². The first-order chi connectivity index (χ1) is 17.0. The lowest BCUT2D eigenvalue weighted by Gasteiger charge is -2.46. The van der Waals surface area contributed by atoms with Crippen molar-refractivity contribution in [2.24, 2.45) is 11.3 Å². The summed E-state index contributed by atoms with van der Waals surface area (Å²) < 4.78 is 34.4. The molecule has 0 atom stereocenters. The van der Waals surface area contributed by atoms with Crippen molar-refractivity contribution < 1.29 is 13.2 Å². The quantitative estimate of drug-likeness (QED) is 0.451. The molecule has 0 N–H and O–H groups in total. The number of sulfonamides is 1. The van der Waals surface area contributed by atoms with Gasteiger partial charge in [-0.05, 0) is 79.3 Å². The fourth-order valence-corrected chi connectivity index (χ4v) is 6.88. The summed E-state index contributed by atoms with van der Waals surface area (Å²) >= 11 is 0. The number of piperidine rings is 2. The van der Waals surface area contributed by atoms with Gasteiger partial charge >= 0.3 is 0 Å². The van der Waals surface area contributed by atoms with Crippen molar-refractivity contribution in [1.82, 2.24) is 9.21 Å². The van der Waals surface area contributed by atoms with Gasteiger partial charge in [-0.3, -0.25) is 4.90 Å². The van der Waals surface area contributed by atoms with Crippen LogP contribution in [0.2, 0.25) is 0 Å². The highest BCUT2D eigenvalue weighted by molar-refractivity contribution is 7.89. The maximum atomic E-state index is 13.3. The SMILES string of the molecule is CC(C)COc1ccccc1CN1CCC2(CC1)CCN(S(=O)(=O)c1ccc(C(C)(C)C)cc1)CC2. The Balaban J connectivity index is 1.32. The van der Waals surface area contributed by atoms with E-state index in [1.54, 1.807) is 16.4 Å². The van der Waals surface area contributed by atoms with E-state index in [9.17, 15) is 8.42 Å². The smallest absolute Gasteiger partial charge is 0.243 e. The van der Waals surface area contributed by atoms with Gasteiger partial charge in [0.15, 0.2) is 0 Å². The lowest BCUT2D eigenvalue weighted by Crippen LogP contribution is -2.48. The zero-order chi connectivity index (χ0) is 26.0. The van der Waals surface area contributed by atoms with Crippen molar-refractivity contribution in [3.63, 3.8) is 0 Å². The molecule has 2 aliphatic heterocycles. The third-order valence-electron chi connectivity index (χ3n) is 8.00. The van der Waals surface area contributed by atoms with Crippen LogP contribution in [0.25, 0.3) is 0 Å². The Morgan fingerprint density at radius 1 is 0.889 bits per heavy atom. The van der Waals surface area contributed by atoms with E-state index in [-0.39, 0.29) is 10.8 Å². The summed E-state index contributed by atoms with van der Waals surface area (Å²) in [6, 6.07) is 15.9. The molecule has 0 aromatic heterocycles. The molecule has 0 saturated carbocycles. The summed E-state index contributed by atoms with van der Waals surface area (Å²) in [7, 11) is -3.44. The zero-order valence-electron chi connectivity index (χ0n) is 22.8. The number of ether oxygens (including phenoxy) is 1. The van der Waals surface area contributed by atoms with E-state index in [2.05, 4.69) is 57.7 Å². The Hall–Kier alpha value is -1.89. The molecule has 6 heteroatoms. The summed E-state index contributed by atoms with van der Waals surface area (Å²) in [5.41, 5.74) is 2.69. The topological polar surface area (TPSA) is 49.9 Å². The number of hydrogen-bond acceptors (Lipinski definition) is 4. The molecule has 2 aromatic rings. The molecule has 0 unspecified atom stereocenters. The largest absolute Gasteiger partial charge is 0.493 e. The van der Waals surface area contributed by atoms with E-state index in [0.29, 0.717) is 23.9 Å². The molecule has 5 nitrogen and oxygen atoms in total. The molecule has 2 aromatic carbocycles. The van der Waals surface area contributed by atoms with E-state index in [1.165, 1.54) is 5.56 Å². The first-order valence-electron chi connectivity index (χ1n) is 13.5. The maximum absolute atomic E-state index is 13.3. The lowest BCUT2D eigenvalue weighted by atomic mass is 9.71. The van der Waals surface area contributed by atoms with Crippen LogP contribution in [0.15, 0.2) is 53.4 Å². The van der Waals surface area contributed by atoms with Crippen LogP contribution in [-0.4, -0.2) is 50.4 Å². The highest BCUT2D eigenvalue weighted by Gasteiger charge is 2.40. The van der Waals surface area contributed by atoms with Crippen molar-refractivity contribution >= 4 is 10.0 Å². The monoisotopic (exact) mass is 512 g/mol. The average molecular weight is 513 g/mol. The second-order valence-electron chi connectivity index (χ2n) is 12.3. The molecule has 198 valence electrons. The van der Waals surface area contributed by atoms with Crippen LogP contribution < -0.4 is 4.74 Å². The summed E-state index contributed by atoms with van der Waals surface area (Å²) in [4.78, 5) is 2.95. The molecular formula is C30H44N2O3S. The molecule has 4 rings (SSSR count). The Morgan fingerprint density at radius 2 is 1.47 bits per heavy atom. The number of hydrogen-bond donors (Lipinski definition) is 0. The van der Waals surface area contributed by atoms with Crippen LogP contribution in [0.3, 0.4) is 0 Å². The summed E-state index contributed by atoms with van der Waals surface area (Å²) in [5.74, 6) is 1.51. The van der Waals surface area contributed by atoms with Gasteiger partial charge in [0.2, 0.25) is 10.0 Å². The number of benzene rings is 2. The molecular weight excluding hydrogens is 468 g/mol. The van der Waals surface area contributed by atoms with Crippen LogP contribution in [0.5, 0.6) is 5.75 Å². The van der Waals surface area contributed by atoms with Gasteiger partial charge in [0, 0.05) is 25.2 Å². The number of nitrogens with zero attached hydrogens (tertiary/aromatic N) is 2. The third-order valence-corrected chi connectivity index (χ3v) is 9.91. The Labute approximate surface area is 218 Å². The molecule has 2 aliphatic rings. The molecule has 1 spiro atoms. The molecule has 2 fully saturated rings. The second-order valence-corrected chi connectivity index (χ2v) is 14.2. The highest BCUT2D eigenvalue weighted by atomic mass is 32.2. The number of likely N-dealkylation sites (tertiary alicyclic amines) is 1.